The molecular formula is C27H43P3. The molecule has 0 spiro atoms. The molecule has 0 aliphatic heterocycles. The molecule has 0 saturated heterocycles. The van der Waals surface area contributed by atoms with E-state index in [1.165, 1.54) is 11.1 Å². The lowest BCUT2D eigenvalue weighted by Crippen LogP contribution is -2.35. The number of aryl methyl sites for hydroxylation is 2. The predicted octanol–water partition coefficient (Wildman–Crippen LogP) is 7.21. The molecular weight excluding hydrogens is 417 g/mol. The first-order chi connectivity index (χ1) is 14.0. The first-order valence-corrected chi connectivity index (χ1v) is 16.2. The first-order valence-electron chi connectivity index (χ1n) is 11.5. The highest BCUT2D eigenvalue weighted by Gasteiger charge is 2.28. The topological polar surface area (TPSA) is 0 Å². The Hall–Kier alpha value is -0.270. The fraction of sp³-hybridized carbons (Fsp3) is 0.556. The highest BCUT2D eigenvalue weighted by Crippen LogP contribution is 2.49. The van der Waals surface area contributed by atoms with Crippen LogP contribution in [0.3, 0.4) is 0 Å². The lowest BCUT2D eigenvalue weighted by molar-refractivity contribution is 1.02. The van der Waals surface area contributed by atoms with Crippen LogP contribution in [-0.4, -0.2) is 29.3 Å². The summed E-state index contributed by atoms with van der Waals surface area (Å²) in [6.45, 7) is 26.4. The van der Waals surface area contributed by atoms with Gasteiger partial charge in [-0.2, -0.15) is 0 Å². The average Bonchev–Trinajstić information content (AvgIpc) is 2.62. The van der Waals surface area contributed by atoms with E-state index in [-0.39, 0.29) is 23.8 Å². The molecule has 3 heteroatoms. The molecule has 0 radical (unpaired) electrons. The highest BCUT2D eigenvalue weighted by atomic mass is 31.1. The fourth-order valence-corrected chi connectivity index (χ4v) is 13.9. The molecule has 0 aromatic heterocycles. The zero-order valence-electron chi connectivity index (χ0n) is 21.1. The van der Waals surface area contributed by atoms with Crippen LogP contribution >= 0.6 is 23.8 Å². The Kier molecular flexibility index (Phi) is 9.56. The summed E-state index contributed by atoms with van der Waals surface area (Å²) >= 11 is 0. The van der Waals surface area contributed by atoms with Crippen molar-refractivity contribution < 1.29 is 0 Å². The van der Waals surface area contributed by atoms with Gasteiger partial charge in [0.1, 0.15) is 0 Å². The van der Waals surface area contributed by atoms with Gasteiger partial charge in [0.05, 0.1) is 0 Å². The Labute approximate surface area is 190 Å². The van der Waals surface area contributed by atoms with Gasteiger partial charge in [0.2, 0.25) is 0 Å². The summed E-state index contributed by atoms with van der Waals surface area (Å²) in [6.07, 6.45) is 0. The second-order valence-electron chi connectivity index (χ2n) is 9.73. The first kappa shape index (κ1) is 26.0. The zero-order chi connectivity index (χ0) is 22.7. The van der Waals surface area contributed by atoms with Crippen molar-refractivity contribution in [2.75, 3.05) is 6.66 Å². The van der Waals surface area contributed by atoms with Crippen LogP contribution in [0.5, 0.6) is 0 Å². The van der Waals surface area contributed by atoms with Crippen LogP contribution in [0.25, 0.3) is 0 Å². The van der Waals surface area contributed by atoms with Crippen LogP contribution in [0.2, 0.25) is 0 Å². The van der Waals surface area contributed by atoms with Crippen molar-refractivity contribution in [3.8, 4) is 0 Å². The number of benzene rings is 2. The lowest BCUT2D eigenvalue weighted by atomic mass is 10.2. The maximum atomic E-state index is 2.52. The van der Waals surface area contributed by atoms with E-state index < -0.39 is 0 Å². The molecule has 0 amide bonds. The van der Waals surface area contributed by atoms with Gasteiger partial charge in [-0.25, -0.2) is 0 Å². The Bertz CT molecular complexity index is 750. The van der Waals surface area contributed by atoms with Gasteiger partial charge in [-0.1, -0.05) is 119 Å². The van der Waals surface area contributed by atoms with Crippen LogP contribution in [0.1, 0.15) is 66.5 Å². The van der Waals surface area contributed by atoms with E-state index in [0.717, 1.165) is 0 Å². The van der Waals surface area contributed by atoms with Gasteiger partial charge in [-0.15, -0.1) is 0 Å². The maximum absolute atomic E-state index is 2.52. The van der Waals surface area contributed by atoms with Crippen LogP contribution < -0.4 is 21.2 Å². The fourth-order valence-electron chi connectivity index (χ4n) is 4.68. The molecule has 2 aromatic rings. The van der Waals surface area contributed by atoms with Gasteiger partial charge in [0.15, 0.2) is 0 Å². The molecule has 0 saturated carbocycles. The monoisotopic (exact) mass is 460 g/mol. The Morgan fingerprint density at radius 3 is 1.07 bits per heavy atom. The number of hydrogen-bond donors (Lipinski definition) is 0. The molecule has 166 valence electrons. The largest absolute Gasteiger partial charge is 0.0694 e. The average molecular weight is 461 g/mol. The molecule has 0 unspecified atom stereocenters. The molecule has 0 aliphatic carbocycles. The van der Waals surface area contributed by atoms with Crippen LogP contribution in [0.15, 0.2) is 36.4 Å². The zero-order valence-corrected chi connectivity index (χ0v) is 23.8. The van der Waals surface area contributed by atoms with E-state index in [2.05, 4.69) is 112 Å². The summed E-state index contributed by atoms with van der Waals surface area (Å²) < 4.78 is 0. The van der Waals surface area contributed by atoms with E-state index in [0.29, 0.717) is 22.6 Å². The van der Waals surface area contributed by atoms with Gasteiger partial charge < -0.3 is 0 Å². The van der Waals surface area contributed by atoms with Crippen molar-refractivity contribution in [2.24, 2.45) is 0 Å². The Morgan fingerprint density at radius 1 is 0.500 bits per heavy atom. The summed E-state index contributed by atoms with van der Waals surface area (Å²) in [6, 6.07) is 14.7. The Balaban J connectivity index is 2.71. The van der Waals surface area contributed by atoms with E-state index in [1.54, 1.807) is 21.2 Å². The minimum absolute atomic E-state index is 0.166. The van der Waals surface area contributed by atoms with E-state index in [1.807, 2.05) is 0 Å². The van der Waals surface area contributed by atoms with Crippen molar-refractivity contribution in [3.63, 3.8) is 0 Å². The minimum Gasteiger partial charge on any atom is -0.0694 e. The number of hydrogen-bond acceptors (Lipinski definition) is 0. The molecule has 0 fully saturated rings. The van der Waals surface area contributed by atoms with Crippen molar-refractivity contribution >= 4 is 45.0 Å². The summed E-state index contributed by atoms with van der Waals surface area (Å²) in [5.41, 5.74) is 5.65. The molecule has 0 N–H and O–H groups in total. The van der Waals surface area contributed by atoms with Crippen LogP contribution in [-0.2, 0) is 0 Å². The molecule has 0 bridgehead atoms. The third-order valence-electron chi connectivity index (χ3n) is 5.77. The van der Waals surface area contributed by atoms with Gasteiger partial charge in [0, 0.05) is 0 Å². The normalized spacial score (nSPS) is 12.6. The Morgan fingerprint density at radius 2 is 0.800 bits per heavy atom. The summed E-state index contributed by atoms with van der Waals surface area (Å²) in [5.74, 6) is 0. The third-order valence-corrected chi connectivity index (χ3v) is 14.6. The smallest absolute Gasteiger partial charge is 0.0118 e. The van der Waals surface area contributed by atoms with Crippen molar-refractivity contribution in [1.29, 1.82) is 0 Å². The van der Waals surface area contributed by atoms with E-state index in [9.17, 15) is 0 Å². The predicted molar refractivity (Wildman–Crippen MR) is 148 cm³/mol. The molecule has 0 heterocycles. The molecule has 2 rings (SSSR count). The molecule has 0 atom stereocenters. The second-order valence-corrected chi connectivity index (χ2v) is 18.5. The van der Waals surface area contributed by atoms with Crippen LogP contribution in [0, 0.1) is 13.8 Å². The molecule has 30 heavy (non-hydrogen) atoms. The maximum Gasteiger partial charge on any atom is -0.0118 e. The third kappa shape index (κ3) is 5.94. The van der Waals surface area contributed by atoms with Crippen LogP contribution in [0.4, 0.5) is 0 Å². The standard InChI is InChI=1S/C27H43P3/c1-18(2)29(19(3)4)24-14-12-22(9)16-26(24)28(11)27-17-23(10)13-15-25(27)30(20(5)6)21(7)8/h12-21H,1-11H3. The van der Waals surface area contributed by atoms with Gasteiger partial charge in [-0.05, 0) is 72.3 Å². The summed E-state index contributed by atoms with van der Waals surface area (Å²) in [5, 5.41) is 6.57. The lowest BCUT2D eigenvalue weighted by Gasteiger charge is -2.33. The summed E-state index contributed by atoms with van der Waals surface area (Å²) in [4.78, 5) is 0. The molecule has 0 aliphatic rings. The second kappa shape index (κ2) is 11.0. The van der Waals surface area contributed by atoms with Gasteiger partial charge in [0.25, 0.3) is 0 Å². The highest BCUT2D eigenvalue weighted by molar-refractivity contribution is 7.78. The quantitative estimate of drug-likeness (QED) is 0.365. The molecule has 2 aromatic carbocycles. The van der Waals surface area contributed by atoms with Crippen molar-refractivity contribution in [3.05, 3.63) is 47.5 Å². The van der Waals surface area contributed by atoms with E-state index in [4.69, 9.17) is 0 Å². The summed E-state index contributed by atoms with van der Waals surface area (Å²) in [7, 11) is -0.708. The number of rotatable bonds is 8. The molecule has 0 nitrogen and oxygen atoms in total. The van der Waals surface area contributed by atoms with E-state index >= 15 is 0 Å². The van der Waals surface area contributed by atoms with Gasteiger partial charge >= 0.3 is 0 Å². The van der Waals surface area contributed by atoms with Crippen molar-refractivity contribution in [2.45, 2.75) is 91.9 Å². The van der Waals surface area contributed by atoms with Crippen molar-refractivity contribution in [1.82, 2.24) is 0 Å². The van der Waals surface area contributed by atoms with Gasteiger partial charge in [-0.3, -0.25) is 0 Å². The SMILES string of the molecule is Cc1ccc(P(C(C)C)C(C)C)c(P(C)c2cc(C)ccc2P(C(C)C)C(C)C)c1. The minimum atomic E-state index is -0.376.